The summed E-state index contributed by atoms with van der Waals surface area (Å²) < 4.78 is 0. The molecule has 0 aliphatic carbocycles. The van der Waals surface area contributed by atoms with Crippen LogP contribution < -0.4 is 5.32 Å². The number of nitrogens with one attached hydrogen (secondary N) is 1. The van der Waals surface area contributed by atoms with E-state index in [1.54, 1.807) is 11.3 Å². The van der Waals surface area contributed by atoms with Crippen LogP contribution in [0.25, 0.3) is 0 Å². The summed E-state index contributed by atoms with van der Waals surface area (Å²) in [6.07, 6.45) is 4.39. The molecule has 0 amide bonds. The van der Waals surface area contributed by atoms with Crippen LogP contribution in [0.2, 0.25) is 0 Å². The summed E-state index contributed by atoms with van der Waals surface area (Å²) in [5, 5.41) is 8.52. The lowest BCUT2D eigenvalue weighted by atomic mass is 9.99. The minimum absolute atomic E-state index is 0.454. The fourth-order valence-corrected chi connectivity index (χ4v) is 4.38. The van der Waals surface area contributed by atoms with Crippen LogP contribution in [0.4, 0.5) is 0 Å². The van der Waals surface area contributed by atoms with Gasteiger partial charge in [-0.2, -0.15) is 0 Å². The van der Waals surface area contributed by atoms with Crippen LogP contribution in [0, 0.1) is 5.92 Å². The van der Waals surface area contributed by atoms with E-state index in [-0.39, 0.29) is 0 Å². The summed E-state index contributed by atoms with van der Waals surface area (Å²) in [5.41, 5.74) is 0. The van der Waals surface area contributed by atoms with Gasteiger partial charge in [0.05, 0.1) is 11.6 Å². The summed E-state index contributed by atoms with van der Waals surface area (Å²) in [6, 6.07) is 0. The van der Waals surface area contributed by atoms with E-state index >= 15 is 0 Å². The Bertz CT molecular complexity index is 399. The summed E-state index contributed by atoms with van der Waals surface area (Å²) in [6.45, 7) is 8.68. The zero-order valence-electron chi connectivity index (χ0n) is 11.9. The predicted octanol–water partition coefficient (Wildman–Crippen LogP) is 3.74. The molecule has 1 N–H and O–H groups in total. The summed E-state index contributed by atoms with van der Waals surface area (Å²) in [5.74, 6) is 1.25. The van der Waals surface area contributed by atoms with Gasteiger partial charge in [0.2, 0.25) is 0 Å². The third kappa shape index (κ3) is 3.96. The minimum atomic E-state index is 0.454. The molecule has 0 spiro atoms. The molecule has 0 bridgehead atoms. The third-order valence-corrected chi connectivity index (χ3v) is 6.03. The monoisotopic (exact) mass is 297 g/mol. The van der Waals surface area contributed by atoms with Crippen molar-refractivity contribution in [2.75, 3.05) is 13.1 Å². The van der Waals surface area contributed by atoms with Gasteiger partial charge in [-0.05, 0) is 5.92 Å². The lowest BCUT2D eigenvalue weighted by Crippen LogP contribution is -2.25. The second-order valence-corrected chi connectivity index (χ2v) is 7.19. The van der Waals surface area contributed by atoms with Gasteiger partial charge in [0.1, 0.15) is 0 Å². The lowest BCUT2D eigenvalue weighted by molar-refractivity contribution is 0.479. The summed E-state index contributed by atoms with van der Waals surface area (Å²) in [7, 11) is 0. The molecule has 5 heteroatoms. The molecule has 1 aliphatic heterocycles. The lowest BCUT2D eigenvalue weighted by Gasteiger charge is -2.19. The van der Waals surface area contributed by atoms with E-state index in [2.05, 4.69) is 36.1 Å². The van der Waals surface area contributed by atoms with E-state index < -0.39 is 0 Å². The number of amidine groups is 1. The summed E-state index contributed by atoms with van der Waals surface area (Å²) in [4.78, 5) is 9.00. The van der Waals surface area contributed by atoms with Gasteiger partial charge in [-0.25, -0.2) is 4.98 Å². The van der Waals surface area contributed by atoms with Gasteiger partial charge in [-0.15, -0.1) is 11.3 Å². The van der Waals surface area contributed by atoms with Crippen LogP contribution in [0.5, 0.6) is 0 Å². The van der Waals surface area contributed by atoms with Crippen molar-refractivity contribution in [1.82, 2.24) is 10.3 Å². The second-order valence-electron chi connectivity index (χ2n) is 5.03. The van der Waals surface area contributed by atoms with Crippen LogP contribution in [0.15, 0.2) is 16.6 Å². The highest BCUT2D eigenvalue weighted by Gasteiger charge is 2.26. The molecule has 0 saturated carbocycles. The van der Waals surface area contributed by atoms with Crippen molar-refractivity contribution < 1.29 is 0 Å². The minimum Gasteiger partial charge on any atom is -0.364 e. The van der Waals surface area contributed by atoms with Gasteiger partial charge in [0.25, 0.3) is 0 Å². The Morgan fingerprint density at radius 1 is 1.42 bits per heavy atom. The normalized spacial score (nSPS) is 20.6. The van der Waals surface area contributed by atoms with Crippen LogP contribution in [-0.2, 0) is 0 Å². The largest absolute Gasteiger partial charge is 0.364 e. The highest BCUT2D eigenvalue weighted by Crippen LogP contribution is 2.30. The van der Waals surface area contributed by atoms with Crippen molar-refractivity contribution in [2.24, 2.45) is 10.9 Å². The van der Waals surface area contributed by atoms with Crippen molar-refractivity contribution in [1.29, 1.82) is 0 Å². The highest BCUT2D eigenvalue weighted by molar-refractivity contribution is 8.14. The Morgan fingerprint density at radius 3 is 2.84 bits per heavy atom. The van der Waals surface area contributed by atoms with Crippen LogP contribution >= 0.6 is 23.1 Å². The number of aromatic nitrogens is 1. The van der Waals surface area contributed by atoms with E-state index in [1.165, 1.54) is 17.8 Å². The number of rotatable bonds is 6. The van der Waals surface area contributed by atoms with E-state index in [0.717, 1.165) is 24.2 Å². The van der Waals surface area contributed by atoms with Crippen molar-refractivity contribution in [3.8, 4) is 0 Å². The molecule has 19 heavy (non-hydrogen) atoms. The second kappa shape index (κ2) is 7.29. The average molecular weight is 297 g/mol. The molecule has 2 atom stereocenters. The molecule has 0 aromatic carbocycles. The molecular formula is C14H23N3S2. The molecule has 2 unspecified atom stereocenters. The first-order chi connectivity index (χ1) is 9.24. The van der Waals surface area contributed by atoms with Crippen LogP contribution in [-0.4, -0.2) is 28.5 Å². The van der Waals surface area contributed by atoms with Gasteiger partial charge in [0.15, 0.2) is 5.17 Å². The fraction of sp³-hybridized carbons (Fsp3) is 0.714. The highest BCUT2D eigenvalue weighted by atomic mass is 32.2. The van der Waals surface area contributed by atoms with Gasteiger partial charge >= 0.3 is 0 Å². The maximum absolute atomic E-state index is 4.64. The van der Waals surface area contributed by atoms with Crippen molar-refractivity contribution in [2.45, 2.75) is 44.8 Å². The zero-order chi connectivity index (χ0) is 13.7. The molecule has 3 nitrogen and oxygen atoms in total. The van der Waals surface area contributed by atoms with Crippen molar-refractivity contribution >= 4 is 28.3 Å². The van der Waals surface area contributed by atoms with Gasteiger partial charge in [-0.3, -0.25) is 4.99 Å². The number of thiazole rings is 1. The third-order valence-electron chi connectivity index (χ3n) is 3.68. The molecule has 106 valence electrons. The predicted molar refractivity (Wildman–Crippen MR) is 86.3 cm³/mol. The number of hydrogen-bond acceptors (Lipinski definition) is 5. The smallest absolute Gasteiger partial charge is 0.156 e. The van der Waals surface area contributed by atoms with Crippen molar-refractivity contribution in [3.05, 3.63) is 16.6 Å². The molecular weight excluding hydrogens is 274 g/mol. The van der Waals surface area contributed by atoms with Crippen LogP contribution in [0.3, 0.4) is 0 Å². The molecule has 1 aromatic rings. The van der Waals surface area contributed by atoms with E-state index in [0.29, 0.717) is 11.2 Å². The SMILES string of the molecule is CCC(CC)C1CN=C(NCC(C)c2nccs2)S1. The Balaban J connectivity index is 1.76. The van der Waals surface area contributed by atoms with Gasteiger partial charge in [0, 0.05) is 29.3 Å². The average Bonchev–Trinajstić information content (AvgIpc) is 3.09. The Morgan fingerprint density at radius 2 is 2.21 bits per heavy atom. The quantitative estimate of drug-likeness (QED) is 0.869. The topological polar surface area (TPSA) is 37.3 Å². The first kappa shape index (κ1) is 14.9. The number of nitrogens with zero attached hydrogens (tertiary/aromatic N) is 2. The van der Waals surface area contributed by atoms with Crippen molar-refractivity contribution in [3.63, 3.8) is 0 Å². The maximum atomic E-state index is 4.64. The van der Waals surface area contributed by atoms with Gasteiger partial charge in [-0.1, -0.05) is 45.4 Å². The Labute approximate surface area is 124 Å². The molecule has 2 rings (SSSR count). The Kier molecular flexibility index (Phi) is 5.70. The Hall–Kier alpha value is -0.550. The zero-order valence-corrected chi connectivity index (χ0v) is 13.6. The number of aliphatic imine (C=N–C) groups is 1. The first-order valence-electron chi connectivity index (χ1n) is 7.08. The van der Waals surface area contributed by atoms with Gasteiger partial charge < -0.3 is 5.32 Å². The van der Waals surface area contributed by atoms with E-state index in [1.807, 2.05) is 23.3 Å². The first-order valence-corrected chi connectivity index (χ1v) is 8.84. The molecule has 1 aliphatic rings. The number of hydrogen-bond donors (Lipinski definition) is 1. The fourth-order valence-electron chi connectivity index (χ4n) is 2.35. The molecule has 2 heterocycles. The molecule has 0 fully saturated rings. The van der Waals surface area contributed by atoms with E-state index in [9.17, 15) is 0 Å². The number of thioether (sulfide) groups is 1. The standard InChI is InChI=1S/C14H23N3S2/c1-4-11(5-2)12-9-17-14(19-12)16-8-10(3)13-15-6-7-18-13/h6-7,10-12H,4-5,8-9H2,1-3H3,(H,16,17). The molecule has 0 saturated heterocycles. The molecule has 0 radical (unpaired) electrons. The van der Waals surface area contributed by atoms with Crippen LogP contribution in [0.1, 0.15) is 44.5 Å². The molecule has 1 aromatic heterocycles. The maximum Gasteiger partial charge on any atom is 0.156 e. The summed E-state index contributed by atoms with van der Waals surface area (Å²) >= 11 is 3.66. The van der Waals surface area contributed by atoms with E-state index in [4.69, 9.17) is 0 Å².